The number of hydrogen-bond donors (Lipinski definition) is 1. The SMILES string of the molecule is COc1ccc(S(=O)(=O)N2CCC[C@H](C(=O)Nc3c(F)cccc3F)C2)cc1OC. The van der Waals surface area contributed by atoms with Crippen LogP contribution in [-0.4, -0.2) is 45.9 Å². The Morgan fingerprint density at radius 3 is 2.40 bits per heavy atom. The minimum absolute atomic E-state index is 0.00126. The summed E-state index contributed by atoms with van der Waals surface area (Å²) in [4.78, 5) is 12.6. The van der Waals surface area contributed by atoms with Gasteiger partial charge < -0.3 is 14.8 Å². The number of sulfonamides is 1. The van der Waals surface area contributed by atoms with E-state index in [1.165, 1.54) is 42.8 Å². The van der Waals surface area contributed by atoms with Crippen molar-refractivity contribution in [2.24, 2.45) is 5.92 Å². The number of halogens is 2. The number of nitrogens with one attached hydrogen (secondary N) is 1. The highest BCUT2D eigenvalue weighted by molar-refractivity contribution is 7.89. The molecule has 3 rings (SSSR count). The predicted octanol–water partition coefficient (Wildman–Crippen LogP) is 3.02. The highest BCUT2D eigenvalue weighted by Crippen LogP contribution is 2.32. The summed E-state index contributed by atoms with van der Waals surface area (Å²) in [5, 5.41) is 2.25. The lowest BCUT2D eigenvalue weighted by Crippen LogP contribution is -2.43. The summed E-state index contributed by atoms with van der Waals surface area (Å²) < 4.78 is 65.3. The maximum Gasteiger partial charge on any atom is 0.243 e. The summed E-state index contributed by atoms with van der Waals surface area (Å²) in [6.45, 7) is 0.132. The van der Waals surface area contributed by atoms with Gasteiger partial charge in [-0.2, -0.15) is 4.31 Å². The average molecular weight is 440 g/mol. The van der Waals surface area contributed by atoms with E-state index in [-0.39, 0.29) is 23.7 Å². The molecule has 1 fully saturated rings. The quantitative estimate of drug-likeness (QED) is 0.747. The van der Waals surface area contributed by atoms with Gasteiger partial charge in [-0.1, -0.05) is 6.07 Å². The van der Waals surface area contributed by atoms with Crippen molar-refractivity contribution in [3.8, 4) is 11.5 Å². The Hall–Kier alpha value is -2.72. The van der Waals surface area contributed by atoms with E-state index >= 15 is 0 Å². The number of benzene rings is 2. The van der Waals surface area contributed by atoms with Gasteiger partial charge in [0.2, 0.25) is 15.9 Å². The maximum atomic E-state index is 13.8. The molecule has 1 aliphatic heterocycles. The average Bonchev–Trinajstić information content (AvgIpc) is 2.75. The molecule has 2 aromatic rings. The second-order valence-corrected chi connectivity index (χ2v) is 8.74. The number of rotatable bonds is 6. The van der Waals surface area contributed by atoms with Gasteiger partial charge in [-0.15, -0.1) is 0 Å². The first-order valence-electron chi connectivity index (χ1n) is 9.25. The molecule has 7 nitrogen and oxygen atoms in total. The van der Waals surface area contributed by atoms with E-state index in [1.54, 1.807) is 0 Å². The Labute approximate surface area is 173 Å². The molecule has 0 aromatic heterocycles. The first-order valence-corrected chi connectivity index (χ1v) is 10.7. The summed E-state index contributed by atoms with van der Waals surface area (Å²) >= 11 is 0. The number of carbonyl (C=O) groups is 1. The van der Waals surface area contributed by atoms with Crippen molar-refractivity contribution in [2.75, 3.05) is 32.6 Å². The molecular formula is C20H22F2N2O5S. The van der Waals surface area contributed by atoms with Crippen LogP contribution in [0, 0.1) is 17.6 Å². The lowest BCUT2D eigenvalue weighted by atomic mass is 9.98. The van der Waals surface area contributed by atoms with Gasteiger partial charge in [-0.25, -0.2) is 17.2 Å². The lowest BCUT2D eigenvalue weighted by Gasteiger charge is -2.31. The van der Waals surface area contributed by atoms with Crippen molar-refractivity contribution < 1.29 is 31.5 Å². The molecule has 1 atom stereocenters. The van der Waals surface area contributed by atoms with E-state index in [9.17, 15) is 22.0 Å². The Bertz CT molecular complexity index is 1030. The second kappa shape index (κ2) is 8.97. The monoisotopic (exact) mass is 440 g/mol. The first-order chi connectivity index (χ1) is 14.3. The minimum atomic E-state index is -3.91. The van der Waals surface area contributed by atoms with Crippen LogP contribution in [-0.2, 0) is 14.8 Å². The fourth-order valence-electron chi connectivity index (χ4n) is 3.34. The van der Waals surface area contributed by atoms with Gasteiger partial charge in [-0.3, -0.25) is 4.79 Å². The van der Waals surface area contributed by atoms with Crippen molar-refractivity contribution in [1.82, 2.24) is 4.31 Å². The van der Waals surface area contributed by atoms with Gasteiger partial charge >= 0.3 is 0 Å². The Balaban J connectivity index is 1.79. The van der Waals surface area contributed by atoms with Crippen LogP contribution in [0.4, 0.5) is 14.5 Å². The van der Waals surface area contributed by atoms with Crippen LogP contribution in [0.3, 0.4) is 0 Å². The fraction of sp³-hybridized carbons (Fsp3) is 0.350. The number of amides is 1. The largest absolute Gasteiger partial charge is 0.493 e. The van der Waals surface area contributed by atoms with Crippen LogP contribution >= 0.6 is 0 Å². The van der Waals surface area contributed by atoms with Crippen LogP contribution in [0.5, 0.6) is 11.5 Å². The van der Waals surface area contributed by atoms with Crippen molar-refractivity contribution in [3.05, 3.63) is 48.0 Å². The van der Waals surface area contributed by atoms with E-state index in [2.05, 4.69) is 5.32 Å². The van der Waals surface area contributed by atoms with Gasteiger partial charge in [0, 0.05) is 19.2 Å². The van der Waals surface area contributed by atoms with E-state index in [0.717, 1.165) is 12.1 Å². The van der Waals surface area contributed by atoms with Crippen molar-refractivity contribution in [2.45, 2.75) is 17.7 Å². The molecule has 1 aliphatic rings. The molecule has 0 aliphatic carbocycles. The van der Waals surface area contributed by atoms with Gasteiger partial charge in [0.1, 0.15) is 17.3 Å². The number of methoxy groups -OCH3 is 2. The third-order valence-electron chi connectivity index (χ3n) is 4.96. The first kappa shape index (κ1) is 22.0. The molecule has 1 heterocycles. The van der Waals surface area contributed by atoms with Crippen LogP contribution in [0.15, 0.2) is 41.3 Å². The number of nitrogens with zero attached hydrogens (tertiary/aromatic N) is 1. The summed E-state index contributed by atoms with van der Waals surface area (Å²) in [5.41, 5.74) is -0.539. The van der Waals surface area contributed by atoms with Gasteiger partial charge in [0.15, 0.2) is 11.5 Å². The molecule has 0 spiro atoms. The number of piperidine rings is 1. The number of ether oxygens (including phenoxy) is 2. The molecule has 0 unspecified atom stereocenters. The number of para-hydroxylation sites is 1. The molecule has 10 heteroatoms. The van der Waals surface area contributed by atoms with Crippen molar-refractivity contribution in [1.29, 1.82) is 0 Å². The van der Waals surface area contributed by atoms with Gasteiger partial charge in [-0.05, 0) is 37.1 Å². The highest BCUT2D eigenvalue weighted by atomic mass is 32.2. The third kappa shape index (κ3) is 4.39. The molecule has 162 valence electrons. The molecule has 0 saturated carbocycles. The molecule has 1 saturated heterocycles. The zero-order valence-electron chi connectivity index (χ0n) is 16.5. The normalized spacial score (nSPS) is 17.4. The lowest BCUT2D eigenvalue weighted by molar-refractivity contribution is -0.120. The van der Waals surface area contributed by atoms with Crippen LogP contribution < -0.4 is 14.8 Å². The number of carbonyl (C=O) groups excluding carboxylic acids is 1. The smallest absolute Gasteiger partial charge is 0.243 e. The fourth-order valence-corrected chi connectivity index (χ4v) is 4.88. The molecule has 1 amide bonds. The van der Waals surface area contributed by atoms with Crippen molar-refractivity contribution >= 4 is 21.6 Å². The summed E-state index contributed by atoms with van der Waals surface area (Å²) in [5.74, 6) is -2.51. The molecule has 30 heavy (non-hydrogen) atoms. The Morgan fingerprint density at radius 2 is 1.77 bits per heavy atom. The van der Waals surface area contributed by atoms with Crippen LogP contribution in [0.1, 0.15) is 12.8 Å². The molecular weight excluding hydrogens is 418 g/mol. The summed E-state index contributed by atoms with van der Waals surface area (Å²) in [6, 6.07) is 7.50. The van der Waals surface area contributed by atoms with Crippen LogP contribution in [0.25, 0.3) is 0 Å². The molecule has 1 N–H and O–H groups in total. The maximum absolute atomic E-state index is 13.8. The van der Waals surface area contributed by atoms with Crippen LogP contribution in [0.2, 0.25) is 0 Å². The van der Waals surface area contributed by atoms with Gasteiger partial charge in [0.05, 0.1) is 25.0 Å². The Morgan fingerprint density at radius 1 is 1.10 bits per heavy atom. The van der Waals surface area contributed by atoms with E-state index in [4.69, 9.17) is 9.47 Å². The topological polar surface area (TPSA) is 84.9 Å². The summed E-state index contributed by atoms with van der Waals surface area (Å²) in [7, 11) is -1.06. The minimum Gasteiger partial charge on any atom is -0.493 e. The third-order valence-corrected chi connectivity index (χ3v) is 6.82. The van der Waals surface area contributed by atoms with E-state index < -0.39 is 39.2 Å². The molecule has 0 radical (unpaired) electrons. The summed E-state index contributed by atoms with van der Waals surface area (Å²) in [6.07, 6.45) is 0.838. The number of anilines is 1. The second-order valence-electron chi connectivity index (χ2n) is 6.80. The zero-order chi connectivity index (χ0) is 21.9. The van der Waals surface area contributed by atoms with Crippen molar-refractivity contribution in [3.63, 3.8) is 0 Å². The molecule has 2 aromatic carbocycles. The van der Waals surface area contributed by atoms with E-state index in [1.807, 2.05) is 0 Å². The zero-order valence-corrected chi connectivity index (χ0v) is 17.3. The number of hydrogen-bond acceptors (Lipinski definition) is 5. The molecule has 0 bridgehead atoms. The predicted molar refractivity (Wildman–Crippen MR) is 106 cm³/mol. The van der Waals surface area contributed by atoms with Gasteiger partial charge in [0.25, 0.3) is 0 Å². The van der Waals surface area contributed by atoms with E-state index in [0.29, 0.717) is 18.6 Å². The highest BCUT2D eigenvalue weighted by Gasteiger charge is 2.34. The standard InChI is InChI=1S/C20H22F2N2O5S/c1-28-17-9-8-14(11-18(17)29-2)30(26,27)24-10-4-5-13(12-24)20(25)23-19-15(21)6-3-7-16(19)22/h3,6-9,11,13H,4-5,10,12H2,1-2H3,(H,23,25)/t13-/m0/s1. The Kier molecular flexibility index (Phi) is 6.57.